The zero-order valence-electron chi connectivity index (χ0n) is 10.1. The molecular formula is C13H18BrNOS. The first kappa shape index (κ1) is 13.2. The molecule has 0 N–H and O–H groups in total. The summed E-state index contributed by atoms with van der Waals surface area (Å²) in [7, 11) is 2.11. The average Bonchev–Trinajstić information content (AvgIpc) is 2.67. The van der Waals surface area contributed by atoms with Crippen LogP contribution < -0.4 is 0 Å². The highest BCUT2D eigenvalue weighted by Gasteiger charge is 2.23. The van der Waals surface area contributed by atoms with Crippen LogP contribution in [0.15, 0.2) is 15.9 Å². The predicted octanol–water partition coefficient (Wildman–Crippen LogP) is 3.70. The standard InChI is InChI=1S/C13H18BrNOS/c1-15(8-12-6-11(14)9-17-12)7-10-4-2-3-5-13(10)16/h6,9-10H,2-5,7-8H2,1H3. The Balaban J connectivity index is 1.84. The van der Waals surface area contributed by atoms with E-state index >= 15 is 0 Å². The lowest BCUT2D eigenvalue weighted by atomic mass is 9.88. The molecule has 1 aliphatic carbocycles. The van der Waals surface area contributed by atoms with Gasteiger partial charge in [-0.15, -0.1) is 11.3 Å². The van der Waals surface area contributed by atoms with Gasteiger partial charge in [0.1, 0.15) is 5.78 Å². The van der Waals surface area contributed by atoms with Crippen molar-refractivity contribution in [3.8, 4) is 0 Å². The highest BCUT2D eigenvalue weighted by molar-refractivity contribution is 9.10. The second kappa shape index (κ2) is 6.12. The largest absolute Gasteiger partial charge is 0.301 e. The lowest BCUT2D eigenvalue weighted by Crippen LogP contribution is -2.31. The molecule has 0 saturated heterocycles. The third-order valence-electron chi connectivity index (χ3n) is 3.26. The summed E-state index contributed by atoms with van der Waals surface area (Å²) in [5.41, 5.74) is 0. The minimum absolute atomic E-state index is 0.275. The van der Waals surface area contributed by atoms with Crippen molar-refractivity contribution in [2.24, 2.45) is 5.92 Å². The third-order valence-corrected chi connectivity index (χ3v) is 4.94. The Kier molecular flexibility index (Phi) is 4.77. The van der Waals surface area contributed by atoms with Crippen LogP contribution in [-0.2, 0) is 11.3 Å². The van der Waals surface area contributed by atoms with Gasteiger partial charge in [0, 0.05) is 40.2 Å². The first-order valence-electron chi connectivity index (χ1n) is 6.09. The van der Waals surface area contributed by atoms with E-state index < -0.39 is 0 Å². The highest BCUT2D eigenvalue weighted by Crippen LogP contribution is 2.24. The van der Waals surface area contributed by atoms with E-state index in [-0.39, 0.29) is 5.92 Å². The van der Waals surface area contributed by atoms with E-state index in [4.69, 9.17) is 0 Å². The molecule has 1 atom stereocenters. The van der Waals surface area contributed by atoms with Crippen LogP contribution in [0.3, 0.4) is 0 Å². The van der Waals surface area contributed by atoms with Crippen molar-refractivity contribution >= 4 is 33.0 Å². The Morgan fingerprint density at radius 1 is 1.53 bits per heavy atom. The van der Waals surface area contributed by atoms with Gasteiger partial charge in [-0.2, -0.15) is 0 Å². The fraction of sp³-hybridized carbons (Fsp3) is 0.615. The molecule has 0 spiro atoms. The fourth-order valence-corrected chi connectivity index (χ4v) is 3.92. The summed E-state index contributed by atoms with van der Waals surface area (Å²) in [5.74, 6) is 0.743. The summed E-state index contributed by atoms with van der Waals surface area (Å²) in [6.07, 6.45) is 4.19. The van der Waals surface area contributed by atoms with Gasteiger partial charge in [0.15, 0.2) is 0 Å². The summed E-state index contributed by atoms with van der Waals surface area (Å²) >= 11 is 5.24. The van der Waals surface area contributed by atoms with Crippen LogP contribution in [0.25, 0.3) is 0 Å². The molecule has 0 aliphatic heterocycles. The van der Waals surface area contributed by atoms with Gasteiger partial charge < -0.3 is 4.90 Å². The topological polar surface area (TPSA) is 20.3 Å². The minimum atomic E-state index is 0.275. The number of nitrogens with zero attached hydrogens (tertiary/aromatic N) is 1. The van der Waals surface area contributed by atoms with Crippen LogP contribution >= 0.6 is 27.3 Å². The zero-order valence-corrected chi connectivity index (χ0v) is 12.5. The van der Waals surface area contributed by atoms with Crippen molar-refractivity contribution in [2.45, 2.75) is 32.2 Å². The normalized spacial score (nSPS) is 21.1. The van der Waals surface area contributed by atoms with Crippen LogP contribution in [0.2, 0.25) is 0 Å². The van der Waals surface area contributed by atoms with Gasteiger partial charge in [-0.1, -0.05) is 6.42 Å². The smallest absolute Gasteiger partial charge is 0.137 e. The molecule has 1 aromatic heterocycles. The van der Waals surface area contributed by atoms with Crippen LogP contribution in [0.5, 0.6) is 0 Å². The number of thiophene rings is 1. The number of halogens is 1. The fourth-order valence-electron chi connectivity index (χ4n) is 2.39. The van der Waals surface area contributed by atoms with Gasteiger partial charge in [-0.05, 0) is 41.9 Å². The maximum atomic E-state index is 11.8. The van der Waals surface area contributed by atoms with Gasteiger partial charge in [0.2, 0.25) is 0 Å². The molecular weight excluding hydrogens is 298 g/mol. The number of rotatable bonds is 4. The lowest BCUT2D eigenvalue weighted by Gasteiger charge is -2.25. The number of Topliss-reactive ketones (excluding diaryl/α,β-unsaturated/α-hetero) is 1. The second-order valence-electron chi connectivity index (χ2n) is 4.84. The molecule has 4 heteroatoms. The molecule has 1 aliphatic rings. The van der Waals surface area contributed by atoms with E-state index in [0.29, 0.717) is 5.78 Å². The SMILES string of the molecule is CN(Cc1cc(Br)cs1)CC1CCCCC1=O. The van der Waals surface area contributed by atoms with Crippen molar-refractivity contribution in [3.63, 3.8) is 0 Å². The van der Waals surface area contributed by atoms with Crippen molar-refractivity contribution in [2.75, 3.05) is 13.6 Å². The van der Waals surface area contributed by atoms with Gasteiger partial charge in [-0.25, -0.2) is 0 Å². The Morgan fingerprint density at radius 2 is 2.35 bits per heavy atom. The van der Waals surface area contributed by atoms with Crippen LogP contribution in [0.4, 0.5) is 0 Å². The van der Waals surface area contributed by atoms with Gasteiger partial charge >= 0.3 is 0 Å². The van der Waals surface area contributed by atoms with Crippen molar-refractivity contribution in [3.05, 3.63) is 20.8 Å². The molecule has 1 unspecified atom stereocenters. The highest BCUT2D eigenvalue weighted by atomic mass is 79.9. The number of carbonyl (C=O) groups excluding carboxylic acids is 1. The summed E-state index contributed by atoms with van der Waals surface area (Å²) in [6.45, 7) is 1.86. The molecule has 0 radical (unpaired) electrons. The van der Waals surface area contributed by atoms with E-state index in [1.165, 1.54) is 11.3 Å². The zero-order chi connectivity index (χ0) is 12.3. The van der Waals surface area contributed by atoms with Crippen molar-refractivity contribution in [1.82, 2.24) is 4.90 Å². The molecule has 1 aromatic rings. The van der Waals surface area contributed by atoms with E-state index in [1.807, 2.05) is 0 Å². The van der Waals surface area contributed by atoms with Crippen molar-refractivity contribution < 1.29 is 4.79 Å². The third kappa shape index (κ3) is 3.90. The Labute approximate surface area is 115 Å². The van der Waals surface area contributed by atoms with Gasteiger partial charge in [0.05, 0.1) is 0 Å². The monoisotopic (exact) mass is 315 g/mol. The lowest BCUT2D eigenvalue weighted by molar-refractivity contribution is -0.125. The molecule has 94 valence electrons. The van der Waals surface area contributed by atoms with E-state index in [0.717, 1.165) is 36.8 Å². The predicted molar refractivity (Wildman–Crippen MR) is 75.3 cm³/mol. The van der Waals surface area contributed by atoms with E-state index in [1.54, 1.807) is 11.3 Å². The van der Waals surface area contributed by atoms with Crippen LogP contribution in [0.1, 0.15) is 30.6 Å². The molecule has 1 saturated carbocycles. The number of hydrogen-bond acceptors (Lipinski definition) is 3. The second-order valence-corrected chi connectivity index (χ2v) is 6.75. The number of ketones is 1. The van der Waals surface area contributed by atoms with E-state index in [9.17, 15) is 4.79 Å². The maximum absolute atomic E-state index is 11.8. The van der Waals surface area contributed by atoms with Crippen LogP contribution in [0, 0.1) is 5.92 Å². The number of carbonyl (C=O) groups is 1. The van der Waals surface area contributed by atoms with Gasteiger partial charge in [-0.3, -0.25) is 4.79 Å². The maximum Gasteiger partial charge on any atom is 0.137 e. The summed E-state index contributed by atoms with van der Waals surface area (Å²) in [6, 6.07) is 2.16. The van der Waals surface area contributed by atoms with Crippen LogP contribution in [-0.4, -0.2) is 24.3 Å². The molecule has 0 bridgehead atoms. The average molecular weight is 316 g/mol. The molecule has 2 nitrogen and oxygen atoms in total. The molecule has 0 amide bonds. The molecule has 2 rings (SSSR count). The Morgan fingerprint density at radius 3 is 3.00 bits per heavy atom. The molecule has 0 aromatic carbocycles. The first-order valence-corrected chi connectivity index (χ1v) is 7.76. The Hall–Kier alpha value is -0.190. The van der Waals surface area contributed by atoms with Gasteiger partial charge in [0.25, 0.3) is 0 Å². The Bertz CT molecular complexity index is 391. The molecule has 17 heavy (non-hydrogen) atoms. The summed E-state index contributed by atoms with van der Waals surface area (Å²) in [4.78, 5) is 15.4. The van der Waals surface area contributed by atoms with Crippen molar-refractivity contribution in [1.29, 1.82) is 0 Å². The van der Waals surface area contributed by atoms with E-state index in [2.05, 4.69) is 39.3 Å². The quantitative estimate of drug-likeness (QED) is 0.844. The number of hydrogen-bond donors (Lipinski definition) is 0. The molecule has 1 heterocycles. The first-order chi connectivity index (χ1) is 8.15. The molecule has 1 fully saturated rings. The summed E-state index contributed by atoms with van der Waals surface area (Å²) in [5, 5.41) is 2.11. The minimum Gasteiger partial charge on any atom is -0.301 e. The summed E-state index contributed by atoms with van der Waals surface area (Å²) < 4.78 is 1.15.